The number of esters is 6. The third kappa shape index (κ3) is 45.8. The zero-order valence-electron chi connectivity index (χ0n) is 62.9. The smallest absolute Gasteiger partial charge is 0.320 e. The van der Waals surface area contributed by atoms with Crippen molar-refractivity contribution in [2.75, 3.05) is 210 Å². The van der Waals surface area contributed by atoms with E-state index in [0.29, 0.717) is 144 Å². The number of aliphatic hydroxyl groups excluding tert-OH is 2. The second-order valence-electron chi connectivity index (χ2n) is 31.6. The van der Waals surface area contributed by atoms with Crippen LogP contribution in [-0.4, -0.2) is 346 Å². The Balaban J connectivity index is 1.97. The van der Waals surface area contributed by atoms with Crippen LogP contribution in [0.15, 0.2) is 30.3 Å². The Hall–Kier alpha value is -4.52. The third-order valence-electron chi connectivity index (χ3n) is 14.8. The molecule has 2 unspecified atom stereocenters. The van der Waals surface area contributed by atoms with Crippen LogP contribution in [0.4, 0.5) is 0 Å². The van der Waals surface area contributed by atoms with E-state index >= 15 is 0 Å². The van der Waals surface area contributed by atoms with Crippen LogP contribution in [-0.2, 0) is 78.0 Å². The van der Waals surface area contributed by atoms with Crippen molar-refractivity contribution in [2.45, 2.75) is 177 Å². The fraction of sp³-hybridized carbons (Fsp3) is 0.831. The van der Waals surface area contributed by atoms with E-state index < -0.39 is 69.7 Å². The Morgan fingerprint density at radius 1 is 0.340 bits per heavy atom. The largest absolute Gasteiger partial charge is 0.459 e. The zero-order chi connectivity index (χ0) is 72.6. The van der Waals surface area contributed by atoms with Crippen molar-refractivity contribution in [3.8, 4) is 0 Å². The summed E-state index contributed by atoms with van der Waals surface area (Å²) in [5.41, 5.74) is -3.19. The zero-order valence-corrected chi connectivity index (χ0v) is 62.9. The number of rotatable bonds is 31. The molecule has 2 saturated heterocycles. The number of β-amino-alcohol motifs (C(OH)–C–C–N with tert-alkyl or cyclic N) is 2. The average Bonchev–Trinajstić information content (AvgIpc) is 1.01. The van der Waals surface area contributed by atoms with E-state index in [0.717, 1.165) is 5.56 Å². The monoisotopic (exact) mass is 1380 g/mol. The lowest BCUT2D eigenvalue weighted by atomic mass is 10.2. The normalized spacial score (nSPS) is 18.2. The molecule has 2 N–H and O–H groups in total. The summed E-state index contributed by atoms with van der Waals surface area (Å²) in [7, 11) is 0. The minimum atomic E-state index is -0.957. The van der Waals surface area contributed by atoms with Crippen LogP contribution in [0, 0.1) is 0 Å². The van der Waals surface area contributed by atoms with E-state index in [1.54, 1.807) is 0 Å². The molecule has 0 bridgehead atoms. The molecule has 2 aliphatic heterocycles. The van der Waals surface area contributed by atoms with Gasteiger partial charge in [0.15, 0.2) is 0 Å². The van der Waals surface area contributed by atoms with Gasteiger partial charge in [0, 0.05) is 137 Å². The number of benzene rings is 1. The van der Waals surface area contributed by atoms with Crippen LogP contribution in [0.5, 0.6) is 0 Å². The van der Waals surface area contributed by atoms with Crippen molar-refractivity contribution in [1.29, 1.82) is 0 Å². The Morgan fingerprint density at radius 3 is 0.794 bits per heavy atom. The van der Waals surface area contributed by atoms with Gasteiger partial charge in [0.1, 0.15) is 33.6 Å². The van der Waals surface area contributed by atoms with Crippen molar-refractivity contribution in [3.05, 3.63) is 35.9 Å². The fourth-order valence-electron chi connectivity index (χ4n) is 10.8. The summed E-state index contributed by atoms with van der Waals surface area (Å²) in [5.74, 6) is -2.34. The van der Waals surface area contributed by atoms with Gasteiger partial charge in [0.25, 0.3) is 0 Å². The molecule has 2 atom stereocenters. The lowest BCUT2D eigenvalue weighted by Crippen LogP contribution is -2.52. The Bertz CT molecular complexity index is 2210. The third-order valence-corrected chi connectivity index (χ3v) is 14.8. The summed E-state index contributed by atoms with van der Waals surface area (Å²) in [5, 5.41) is 24.7. The van der Waals surface area contributed by atoms with Gasteiger partial charge in [-0.25, -0.2) is 0 Å². The Labute approximate surface area is 582 Å². The topological polar surface area (TPSA) is 255 Å². The molecule has 1 aromatic rings. The Kier molecular flexibility index (Phi) is 38.1. The van der Waals surface area contributed by atoms with E-state index in [2.05, 4.69) is 9.80 Å². The van der Waals surface area contributed by atoms with Gasteiger partial charge in [-0.05, 0) is 130 Å². The molecule has 1 aromatic carbocycles. The average molecular weight is 1380 g/mol. The van der Waals surface area contributed by atoms with Crippen molar-refractivity contribution in [3.63, 3.8) is 0 Å². The molecule has 0 aromatic heterocycles. The van der Waals surface area contributed by atoms with Crippen LogP contribution < -0.4 is 0 Å². The summed E-state index contributed by atoms with van der Waals surface area (Å²) >= 11 is 0. The molecule has 97 heavy (non-hydrogen) atoms. The number of nitrogens with zero attached hydrogens (tertiary/aromatic N) is 9. The van der Waals surface area contributed by atoms with Gasteiger partial charge in [0.05, 0.1) is 91.1 Å². The highest BCUT2D eigenvalue weighted by atomic mass is 16.6. The van der Waals surface area contributed by atoms with E-state index in [1.165, 1.54) is 0 Å². The first-order chi connectivity index (χ1) is 45.0. The van der Waals surface area contributed by atoms with Gasteiger partial charge in [-0.15, -0.1) is 0 Å². The lowest BCUT2D eigenvalue weighted by molar-refractivity contribution is -0.158. The number of aliphatic hydroxyl groups is 2. The number of ether oxygens (including phenoxy) is 9. The molecule has 0 amide bonds. The summed E-state index contributed by atoms with van der Waals surface area (Å²) in [4.78, 5) is 98.8. The maximum Gasteiger partial charge on any atom is 0.320 e. The summed E-state index contributed by atoms with van der Waals surface area (Å²) in [6.07, 6.45) is -1.91. The second-order valence-corrected chi connectivity index (χ2v) is 31.6. The van der Waals surface area contributed by atoms with Crippen molar-refractivity contribution < 1.29 is 81.6 Å². The predicted molar refractivity (Wildman–Crippen MR) is 373 cm³/mol. The molecule has 560 valence electrons. The van der Waals surface area contributed by atoms with Crippen LogP contribution in [0.1, 0.15) is 130 Å². The van der Waals surface area contributed by atoms with Crippen LogP contribution in [0.3, 0.4) is 0 Å². The first-order valence-electron chi connectivity index (χ1n) is 35.0. The first-order valence-corrected chi connectivity index (χ1v) is 35.0. The number of carbonyl (C=O) groups excluding carboxylic acids is 6. The predicted octanol–water partition coefficient (Wildman–Crippen LogP) is 3.75. The van der Waals surface area contributed by atoms with Crippen LogP contribution in [0.2, 0.25) is 0 Å². The quantitative estimate of drug-likeness (QED) is 0.0610. The van der Waals surface area contributed by atoms with E-state index in [1.807, 2.05) is 189 Å². The number of hydrogen-bond donors (Lipinski definition) is 2. The molecule has 26 nitrogen and oxygen atoms in total. The SMILES string of the molecule is CC(C)(C)OC(=O)CN1CCN(CC(=O)OC(C)(C)C)CCN(CC(O)CN(CCOCCOCCOCc2ccccc2)CC(O)CN2CCN(CC(=O)OC(C)(C)C)CCN(CC(=O)OC(C)(C)C)CCN(CC(=O)OC(C)(C)C)CC2)CCN(CC(=O)OC(C)(C)C)CC1. The molecule has 2 heterocycles. The maximum atomic E-state index is 13.5. The molecular weight excluding hydrogens is 1250 g/mol. The molecule has 0 aliphatic carbocycles. The van der Waals surface area contributed by atoms with Crippen LogP contribution >= 0.6 is 0 Å². The van der Waals surface area contributed by atoms with E-state index in [9.17, 15) is 39.0 Å². The minimum Gasteiger partial charge on any atom is -0.459 e. The summed E-state index contributed by atoms with van der Waals surface area (Å²) < 4.78 is 52.4. The van der Waals surface area contributed by atoms with Gasteiger partial charge in [-0.3, -0.25) is 72.9 Å². The van der Waals surface area contributed by atoms with Crippen molar-refractivity contribution in [1.82, 2.24) is 44.1 Å². The van der Waals surface area contributed by atoms with Crippen LogP contribution in [0.25, 0.3) is 0 Å². The molecule has 0 radical (unpaired) electrons. The molecule has 26 heteroatoms. The first kappa shape index (κ1) is 86.7. The highest BCUT2D eigenvalue weighted by Gasteiger charge is 2.30. The number of hydrogen-bond acceptors (Lipinski definition) is 26. The molecule has 2 fully saturated rings. The maximum absolute atomic E-state index is 13.5. The van der Waals surface area contributed by atoms with Gasteiger partial charge >= 0.3 is 35.8 Å². The summed E-state index contributed by atoms with van der Waals surface area (Å²) in [6, 6.07) is 9.92. The van der Waals surface area contributed by atoms with Gasteiger partial charge in [-0.2, -0.15) is 0 Å². The van der Waals surface area contributed by atoms with Gasteiger partial charge < -0.3 is 52.8 Å². The van der Waals surface area contributed by atoms with Crippen molar-refractivity contribution in [2.24, 2.45) is 0 Å². The molecule has 0 spiro atoms. The molecule has 3 rings (SSSR count). The molecule has 2 aliphatic rings. The minimum absolute atomic E-state index is 0.00493. The van der Waals surface area contributed by atoms with Gasteiger partial charge in [-0.1, -0.05) is 30.3 Å². The highest BCUT2D eigenvalue weighted by Crippen LogP contribution is 2.16. The summed E-state index contributed by atoms with van der Waals surface area (Å²) in [6.45, 7) is 42.5. The van der Waals surface area contributed by atoms with Gasteiger partial charge in [0.2, 0.25) is 0 Å². The van der Waals surface area contributed by atoms with E-state index in [4.69, 9.17) is 42.6 Å². The Morgan fingerprint density at radius 2 is 0.557 bits per heavy atom. The number of carbonyl (C=O) groups is 6. The lowest BCUT2D eigenvalue weighted by Gasteiger charge is -2.36. The fourth-order valence-corrected chi connectivity index (χ4v) is 10.8. The van der Waals surface area contributed by atoms with Crippen molar-refractivity contribution >= 4 is 35.8 Å². The second kappa shape index (κ2) is 42.7. The molecular formula is C71H129N9O17. The standard InChI is InChI=1S/C71H129N9O17/c1-66(2,3)92-60(83)50-74-28-24-72(25-29-75(51-61(84)93-67(4,5)6)33-37-78(36-32-74)54-64(87)96-70(13,14)15)46-58(81)48-80(40-41-89-42-43-90-44-45-91-56-57-22-20-19-21-23-57)49-59(82)47-73-26-30-76(52-62(85)94-68(7,8)9)34-38-79(55-65(88)97-71(16,17)18)39-35-77(31-27-73)53-63(86)95-69(10,11)12/h19-23,58-59,81-82H,24-56H2,1-18H3. The van der Waals surface area contributed by atoms with E-state index in [-0.39, 0.29) is 84.0 Å². The highest BCUT2D eigenvalue weighted by molar-refractivity contribution is 5.74. The molecule has 0 saturated carbocycles.